The van der Waals surface area contributed by atoms with Gasteiger partial charge in [0.15, 0.2) is 0 Å². The molecule has 1 aromatic rings. The predicted octanol–water partition coefficient (Wildman–Crippen LogP) is 2.87. The van der Waals surface area contributed by atoms with Gasteiger partial charge in [-0.05, 0) is 37.8 Å². The fraction of sp³-hybridized carbons (Fsp3) is 0.600. The zero-order chi connectivity index (χ0) is 12.3. The van der Waals surface area contributed by atoms with Crippen LogP contribution >= 0.6 is 0 Å². The molecule has 0 spiro atoms. The molecule has 1 fully saturated rings. The molecule has 1 unspecified atom stereocenters. The van der Waals surface area contributed by atoms with Crippen LogP contribution < -0.4 is 5.32 Å². The Bertz CT molecular complexity index is 369. The van der Waals surface area contributed by atoms with Gasteiger partial charge in [-0.15, -0.1) is 0 Å². The van der Waals surface area contributed by atoms with Crippen molar-refractivity contribution in [2.75, 3.05) is 6.61 Å². The standard InChI is InChI=1S/C15H23NO/c1-11-7-8-12(2)14(9-11)15(10-17)16-13-5-3-4-6-13/h7-9,13,15-17H,3-6,10H2,1-2H3. The van der Waals surface area contributed by atoms with Gasteiger partial charge in [-0.25, -0.2) is 0 Å². The van der Waals surface area contributed by atoms with E-state index in [0.717, 1.165) is 0 Å². The highest BCUT2D eigenvalue weighted by atomic mass is 16.3. The van der Waals surface area contributed by atoms with Gasteiger partial charge < -0.3 is 10.4 Å². The third-order valence-corrected chi connectivity index (χ3v) is 3.78. The Hall–Kier alpha value is -0.860. The van der Waals surface area contributed by atoms with Crippen LogP contribution in [-0.2, 0) is 0 Å². The number of aliphatic hydroxyl groups is 1. The summed E-state index contributed by atoms with van der Waals surface area (Å²) in [4.78, 5) is 0. The van der Waals surface area contributed by atoms with Gasteiger partial charge in [0.2, 0.25) is 0 Å². The number of benzene rings is 1. The molecule has 1 aromatic carbocycles. The van der Waals surface area contributed by atoms with Crippen LogP contribution in [0.2, 0.25) is 0 Å². The van der Waals surface area contributed by atoms with Crippen LogP contribution in [0.3, 0.4) is 0 Å². The Morgan fingerprint density at radius 3 is 2.65 bits per heavy atom. The summed E-state index contributed by atoms with van der Waals surface area (Å²) in [5.41, 5.74) is 3.77. The van der Waals surface area contributed by atoms with Crippen LogP contribution in [0, 0.1) is 13.8 Å². The van der Waals surface area contributed by atoms with Gasteiger partial charge in [-0.3, -0.25) is 0 Å². The summed E-state index contributed by atoms with van der Waals surface area (Å²) < 4.78 is 0. The molecule has 2 nitrogen and oxygen atoms in total. The number of nitrogens with one attached hydrogen (secondary N) is 1. The molecule has 0 aliphatic heterocycles. The van der Waals surface area contributed by atoms with E-state index in [1.54, 1.807) is 0 Å². The van der Waals surface area contributed by atoms with Gasteiger partial charge in [-0.1, -0.05) is 36.6 Å². The van der Waals surface area contributed by atoms with Crippen LogP contribution in [-0.4, -0.2) is 17.8 Å². The van der Waals surface area contributed by atoms with E-state index in [2.05, 4.69) is 37.4 Å². The van der Waals surface area contributed by atoms with E-state index >= 15 is 0 Å². The van der Waals surface area contributed by atoms with E-state index in [0.29, 0.717) is 6.04 Å². The Morgan fingerprint density at radius 2 is 2.00 bits per heavy atom. The second-order valence-corrected chi connectivity index (χ2v) is 5.24. The zero-order valence-electron chi connectivity index (χ0n) is 10.9. The van der Waals surface area contributed by atoms with Gasteiger partial charge >= 0.3 is 0 Å². The van der Waals surface area contributed by atoms with Crippen LogP contribution in [0.15, 0.2) is 18.2 Å². The third kappa shape index (κ3) is 3.08. The number of rotatable bonds is 4. The Kier molecular flexibility index (Phi) is 4.19. The summed E-state index contributed by atoms with van der Waals surface area (Å²) in [5.74, 6) is 0. The van der Waals surface area contributed by atoms with Crippen molar-refractivity contribution >= 4 is 0 Å². The number of aliphatic hydroxyl groups excluding tert-OH is 1. The van der Waals surface area contributed by atoms with Crippen molar-refractivity contribution in [2.45, 2.75) is 51.6 Å². The van der Waals surface area contributed by atoms with E-state index in [4.69, 9.17) is 0 Å². The van der Waals surface area contributed by atoms with Gasteiger partial charge in [0, 0.05) is 6.04 Å². The maximum Gasteiger partial charge on any atom is 0.0626 e. The lowest BCUT2D eigenvalue weighted by Gasteiger charge is -2.23. The van der Waals surface area contributed by atoms with Crippen LogP contribution in [0.25, 0.3) is 0 Å². The Morgan fingerprint density at radius 1 is 1.29 bits per heavy atom. The average Bonchev–Trinajstić information content (AvgIpc) is 2.82. The molecule has 0 radical (unpaired) electrons. The van der Waals surface area contributed by atoms with Crippen LogP contribution in [0.4, 0.5) is 0 Å². The molecule has 94 valence electrons. The number of hydrogen-bond acceptors (Lipinski definition) is 2. The van der Waals surface area contributed by atoms with E-state index in [1.165, 1.54) is 42.4 Å². The van der Waals surface area contributed by atoms with Crippen LogP contribution in [0.1, 0.15) is 48.4 Å². The lowest BCUT2D eigenvalue weighted by molar-refractivity contribution is 0.232. The minimum absolute atomic E-state index is 0.0954. The third-order valence-electron chi connectivity index (χ3n) is 3.78. The summed E-state index contributed by atoms with van der Waals surface area (Å²) in [6.07, 6.45) is 5.15. The maximum absolute atomic E-state index is 9.59. The van der Waals surface area contributed by atoms with Crippen molar-refractivity contribution < 1.29 is 5.11 Å². The van der Waals surface area contributed by atoms with Crippen molar-refractivity contribution in [1.29, 1.82) is 0 Å². The van der Waals surface area contributed by atoms with E-state index in [9.17, 15) is 5.11 Å². The van der Waals surface area contributed by atoms with Crippen molar-refractivity contribution in [2.24, 2.45) is 0 Å². The lowest BCUT2D eigenvalue weighted by Crippen LogP contribution is -2.33. The molecular weight excluding hydrogens is 210 g/mol. The Balaban J connectivity index is 2.13. The number of hydrogen-bond donors (Lipinski definition) is 2. The monoisotopic (exact) mass is 233 g/mol. The summed E-state index contributed by atoms with van der Waals surface area (Å²) in [6, 6.07) is 7.15. The van der Waals surface area contributed by atoms with Crippen molar-refractivity contribution in [1.82, 2.24) is 5.32 Å². The molecule has 0 saturated heterocycles. The molecule has 1 atom stereocenters. The molecule has 17 heavy (non-hydrogen) atoms. The van der Waals surface area contributed by atoms with Gasteiger partial charge in [0.1, 0.15) is 0 Å². The fourth-order valence-corrected chi connectivity index (χ4v) is 2.75. The molecule has 2 rings (SSSR count). The highest BCUT2D eigenvalue weighted by Crippen LogP contribution is 2.24. The molecule has 1 aliphatic carbocycles. The molecule has 2 heteroatoms. The highest BCUT2D eigenvalue weighted by Gasteiger charge is 2.20. The molecule has 0 bridgehead atoms. The van der Waals surface area contributed by atoms with Gasteiger partial charge in [0.05, 0.1) is 12.6 Å². The summed E-state index contributed by atoms with van der Waals surface area (Å²) >= 11 is 0. The summed E-state index contributed by atoms with van der Waals surface area (Å²) in [7, 11) is 0. The molecule has 1 aliphatic rings. The number of aryl methyl sites for hydroxylation is 2. The van der Waals surface area contributed by atoms with Crippen molar-refractivity contribution in [3.63, 3.8) is 0 Å². The molecule has 0 heterocycles. The van der Waals surface area contributed by atoms with Crippen molar-refractivity contribution in [3.05, 3.63) is 34.9 Å². The topological polar surface area (TPSA) is 32.3 Å². The molecular formula is C15H23NO. The highest BCUT2D eigenvalue weighted by molar-refractivity contribution is 5.33. The predicted molar refractivity (Wildman–Crippen MR) is 71.1 cm³/mol. The zero-order valence-corrected chi connectivity index (χ0v) is 10.9. The molecule has 1 saturated carbocycles. The van der Waals surface area contributed by atoms with Gasteiger partial charge in [0.25, 0.3) is 0 Å². The van der Waals surface area contributed by atoms with E-state index in [-0.39, 0.29) is 12.6 Å². The largest absolute Gasteiger partial charge is 0.394 e. The Labute approximate surface area is 104 Å². The smallest absolute Gasteiger partial charge is 0.0626 e. The first-order valence-electron chi connectivity index (χ1n) is 6.65. The van der Waals surface area contributed by atoms with Gasteiger partial charge in [-0.2, -0.15) is 0 Å². The second-order valence-electron chi connectivity index (χ2n) is 5.24. The van der Waals surface area contributed by atoms with E-state index < -0.39 is 0 Å². The quantitative estimate of drug-likeness (QED) is 0.838. The summed E-state index contributed by atoms with van der Waals surface area (Å²) in [5, 5.41) is 13.2. The second kappa shape index (κ2) is 5.65. The normalized spacial score (nSPS) is 18.5. The van der Waals surface area contributed by atoms with Crippen LogP contribution in [0.5, 0.6) is 0 Å². The first-order valence-corrected chi connectivity index (χ1v) is 6.65. The first-order chi connectivity index (χ1) is 8.20. The molecule has 0 aromatic heterocycles. The minimum Gasteiger partial charge on any atom is -0.394 e. The summed E-state index contributed by atoms with van der Waals surface area (Å²) in [6.45, 7) is 4.40. The molecule has 0 amide bonds. The maximum atomic E-state index is 9.59. The fourth-order valence-electron chi connectivity index (χ4n) is 2.75. The van der Waals surface area contributed by atoms with Crippen molar-refractivity contribution in [3.8, 4) is 0 Å². The lowest BCUT2D eigenvalue weighted by atomic mass is 9.98. The molecule has 2 N–H and O–H groups in total. The minimum atomic E-state index is 0.0954. The average molecular weight is 233 g/mol. The first kappa shape index (κ1) is 12.6. The van der Waals surface area contributed by atoms with E-state index in [1.807, 2.05) is 0 Å². The SMILES string of the molecule is Cc1ccc(C)c(C(CO)NC2CCCC2)c1.